The van der Waals surface area contributed by atoms with Gasteiger partial charge in [-0.3, -0.25) is 14.9 Å². The second kappa shape index (κ2) is 11.2. The first-order valence-electron chi connectivity index (χ1n) is 11.5. The normalized spacial score (nSPS) is 14.5. The molecule has 8 nitrogen and oxygen atoms in total. The van der Waals surface area contributed by atoms with Crippen molar-refractivity contribution in [2.75, 3.05) is 25.2 Å². The zero-order valence-corrected chi connectivity index (χ0v) is 21.3. The van der Waals surface area contributed by atoms with E-state index in [4.69, 9.17) is 25.8 Å². The molecule has 1 saturated heterocycles. The molecule has 0 saturated carbocycles. The number of nitrogens with one attached hydrogen (secondary N) is 1. The van der Waals surface area contributed by atoms with Gasteiger partial charge >= 0.3 is 6.03 Å². The molecule has 190 valence electrons. The van der Waals surface area contributed by atoms with E-state index in [0.717, 1.165) is 21.8 Å². The van der Waals surface area contributed by atoms with E-state index >= 15 is 0 Å². The minimum atomic E-state index is -0.815. The van der Waals surface area contributed by atoms with Crippen molar-refractivity contribution in [1.29, 1.82) is 0 Å². The molecule has 0 unspecified atom stereocenters. The number of aryl methyl sites for hydroxylation is 2. The molecule has 0 aliphatic carbocycles. The van der Waals surface area contributed by atoms with Crippen molar-refractivity contribution in [3.63, 3.8) is 0 Å². The van der Waals surface area contributed by atoms with Crippen LogP contribution >= 0.6 is 11.6 Å². The molecule has 1 aliphatic heterocycles. The van der Waals surface area contributed by atoms with Crippen LogP contribution in [0.4, 0.5) is 10.5 Å². The molecule has 0 bridgehead atoms. The maximum absolute atomic E-state index is 13.2. The number of benzene rings is 3. The van der Waals surface area contributed by atoms with Gasteiger partial charge in [-0.1, -0.05) is 41.9 Å². The Morgan fingerprint density at radius 1 is 0.919 bits per heavy atom. The van der Waals surface area contributed by atoms with Gasteiger partial charge in [0.1, 0.15) is 24.5 Å². The summed E-state index contributed by atoms with van der Waals surface area (Å²) < 4.78 is 17.0. The molecule has 0 atom stereocenters. The van der Waals surface area contributed by atoms with Crippen LogP contribution in [0.1, 0.15) is 16.7 Å². The van der Waals surface area contributed by atoms with E-state index in [2.05, 4.69) is 5.32 Å². The SMILES string of the molecule is COc1cc(C=C2C(=O)NC(=O)N(c3cccc(C)c3)C2=O)cc(Cl)c1OCCOc1ccccc1C. The Balaban J connectivity index is 1.54. The lowest BCUT2D eigenvalue weighted by atomic mass is 10.1. The van der Waals surface area contributed by atoms with Crippen molar-refractivity contribution in [3.05, 3.63) is 87.9 Å². The Morgan fingerprint density at radius 2 is 1.68 bits per heavy atom. The number of amides is 4. The van der Waals surface area contributed by atoms with Crippen LogP contribution in [0, 0.1) is 13.8 Å². The van der Waals surface area contributed by atoms with Crippen LogP contribution in [0.25, 0.3) is 6.08 Å². The van der Waals surface area contributed by atoms with Gasteiger partial charge in [0.15, 0.2) is 11.5 Å². The molecule has 9 heteroatoms. The van der Waals surface area contributed by atoms with Gasteiger partial charge in [-0.2, -0.15) is 0 Å². The summed E-state index contributed by atoms with van der Waals surface area (Å²) in [6.45, 7) is 4.29. The molecule has 37 heavy (non-hydrogen) atoms. The van der Waals surface area contributed by atoms with E-state index < -0.39 is 17.8 Å². The van der Waals surface area contributed by atoms with E-state index in [0.29, 0.717) is 22.7 Å². The van der Waals surface area contributed by atoms with Crippen LogP contribution < -0.4 is 24.4 Å². The van der Waals surface area contributed by atoms with Crippen LogP contribution in [0.15, 0.2) is 66.2 Å². The van der Waals surface area contributed by atoms with Gasteiger partial charge in [0.2, 0.25) is 0 Å². The molecule has 0 spiro atoms. The molecular weight excluding hydrogens is 496 g/mol. The Bertz CT molecular complexity index is 1400. The zero-order chi connectivity index (χ0) is 26.5. The van der Waals surface area contributed by atoms with Crippen molar-refractivity contribution >= 4 is 41.2 Å². The monoisotopic (exact) mass is 520 g/mol. The van der Waals surface area contributed by atoms with Gasteiger partial charge < -0.3 is 14.2 Å². The predicted molar refractivity (Wildman–Crippen MR) is 140 cm³/mol. The zero-order valence-electron chi connectivity index (χ0n) is 20.5. The van der Waals surface area contributed by atoms with Crippen molar-refractivity contribution in [2.45, 2.75) is 13.8 Å². The highest BCUT2D eigenvalue weighted by Gasteiger charge is 2.36. The lowest BCUT2D eigenvalue weighted by molar-refractivity contribution is -0.122. The molecule has 1 heterocycles. The number of imide groups is 2. The van der Waals surface area contributed by atoms with Gasteiger partial charge in [-0.15, -0.1) is 0 Å². The number of anilines is 1. The number of rotatable bonds is 8. The maximum atomic E-state index is 13.2. The molecule has 1 N–H and O–H groups in total. The third-order valence-corrected chi connectivity index (χ3v) is 5.89. The molecule has 4 amide bonds. The fraction of sp³-hybridized carbons (Fsp3) is 0.179. The summed E-state index contributed by atoms with van der Waals surface area (Å²) in [5.74, 6) is -0.174. The quantitative estimate of drug-likeness (QED) is 0.252. The Kier molecular flexibility index (Phi) is 7.79. The van der Waals surface area contributed by atoms with Gasteiger partial charge in [0.25, 0.3) is 11.8 Å². The average molecular weight is 521 g/mol. The van der Waals surface area contributed by atoms with Gasteiger partial charge in [0.05, 0.1) is 17.8 Å². The van der Waals surface area contributed by atoms with Gasteiger partial charge in [0, 0.05) is 0 Å². The van der Waals surface area contributed by atoms with Crippen LogP contribution in [0.3, 0.4) is 0 Å². The Hall–Kier alpha value is -4.30. The number of carbonyl (C=O) groups is 3. The van der Waals surface area contributed by atoms with Crippen molar-refractivity contribution in [1.82, 2.24) is 5.32 Å². The van der Waals surface area contributed by atoms with E-state index in [1.807, 2.05) is 44.2 Å². The van der Waals surface area contributed by atoms with Crippen molar-refractivity contribution < 1.29 is 28.6 Å². The van der Waals surface area contributed by atoms with Crippen molar-refractivity contribution in [2.24, 2.45) is 0 Å². The topological polar surface area (TPSA) is 94.2 Å². The lowest BCUT2D eigenvalue weighted by Gasteiger charge is -2.26. The minimum Gasteiger partial charge on any atom is -0.493 e. The number of halogens is 1. The fourth-order valence-corrected chi connectivity index (χ4v) is 4.08. The largest absolute Gasteiger partial charge is 0.493 e. The fourth-order valence-electron chi connectivity index (χ4n) is 3.80. The Labute approximate surface area is 219 Å². The summed E-state index contributed by atoms with van der Waals surface area (Å²) in [6, 6.07) is 16.8. The molecule has 4 rings (SSSR count). The summed E-state index contributed by atoms with van der Waals surface area (Å²) in [5, 5.41) is 2.43. The van der Waals surface area contributed by atoms with E-state index in [1.165, 1.54) is 13.2 Å². The van der Waals surface area contributed by atoms with Crippen LogP contribution in [-0.2, 0) is 9.59 Å². The number of hydrogen-bond acceptors (Lipinski definition) is 6. The first-order valence-corrected chi connectivity index (χ1v) is 11.8. The molecule has 0 radical (unpaired) electrons. The maximum Gasteiger partial charge on any atom is 0.335 e. The van der Waals surface area contributed by atoms with Crippen LogP contribution in [0.2, 0.25) is 5.02 Å². The van der Waals surface area contributed by atoms with Crippen molar-refractivity contribution in [3.8, 4) is 17.2 Å². The number of urea groups is 1. The van der Waals surface area contributed by atoms with E-state index in [9.17, 15) is 14.4 Å². The molecule has 0 aromatic heterocycles. The Morgan fingerprint density at radius 3 is 2.41 bits per heavy atom. The number of para-hydroxylation sites is 1. The average Bonchev–Trinajstić information content (AvgIpc) is 2.86. The lowest BCUT2D eigenvalue weighted by Crippen LogP contribution is -2.54. The summed E-state index contributed by atoms with van der Waals surface area (Å²) >= 11 is 6.47. The molecule has 3 aromatic rings. The van der Waals surface area contributed by atoms with E-state index in [-0.39, 0.29) is 23.8 Å². The third-order valence-electron chi connectivity index (χ3n) is 5.61. The van der Waals surface area contributed by atoms with Crippen LogP contribution in [0.5, 0.6) is 17.2 Å². The smallest absolute Gasteiger partial charge is 0.335 e. The second-order valence-corrected chi connectivity index (χ2v) is 8.70. The number of barbiturate groups is 1. The number of hydrogen-bond donors (Lipinski definition) is 1. The number of methoxy groups -OCH3 is 1. The first-order chi connectivity index (χ1) is 17.8. The summed E-state index contributed by atoms with van der Waals surface area (Å²) in [4.78, 5) is 39.0. The highest BCUT2D eigenvalue weighted by molar-refractivity contribution is 6.39. The van der Waals surface area contributed by atoms with Crippen LogP contribution in [-0.4, -0.2) is 38.2 Å². The standard InChI is InChI=1S/C28H25ClN2O6/c1-17-7-6-9-20(13-17)31-27(33)21(26(32)30-28(31)34)14-19-15-22(29)25(24(16-19)35-3)37-12-11-36-23-10-5-4-8-18(23)2/h4-10,13-16H,11-12H2,1-3H3,(H,30,32,34). The number of carbonyl (C=O) groups excluding carboxylic acids is 3. The highest BCUT2D eigenvalue weighted by atomic mass is 35.5. The molecular formula is C28H25ClN2O6. The first kappa shape index (κ1) is 25.8. The third kappa shape index (κ3) is 5.76. The highest BCUT2D eigenvalue weighted by Crippen LogP contribution is 2.37. The van der Waals surface area contributed by atoms with Gasteiger partial charge in [-0.05, 0) is 66.9 Å². The minimum absolute atomic E-state index is 0.208. The summed E-state index contributed by atoms with van der Waals surface area (Å²) in [5.41, 5.74) is 2.42. The number of ether oxygens (including phenoxy) is 3. The molecule has 3 aromatic carbocycles. The molecule has 1 fully saturated rings. The predicted octanol–water partition coefficient (Wildman–Crippen LogP) is 5.09. The number of nitrogens with zero attached hydrogens (tertiary/aromatic N) is 1. The van der Waals surface area contributed by atoms with Gasteiger partial charge in [-0.25, -0.2) is 9.69 Å². The molecule has 1 aliphatic rings. The van der Waals surface area contributed by atoms with E-state index in [1.54, 1.807) is 30.3 Å². The summed E-state index contributed by atoms with van der Waals surface area (Å²) in [6.07, 6.45) is 1.35. The summed E-state index contributed by atoms with van der Waals surface area (Å²) in [7, 11) is 1.45. The second-order valence-electron chi connectivity index (χ2n) is 8.29.